The molecule has 0 aliphatic carbocycles. The summed E-state index contributed by atoms with van der Waals surface area (Å²) in [6.07, 6.45) is 0. The standard InChI is InChI=1S/C29H26N6O2S2/c1-35(2)29-33-27(19-3-7-21(8-4-19)36-23-11-15-25(38-30)16-12-23)32-28(34-29)20-5-9-22(10-6-20)37-24-13-17-26(39-31)18-14-24/h3-18H,30-31H2,1-2H3. The second-order valence-electron chi connectivity index (χ2n) is 8.61. The maximum atomic E-state index is 5.96. The van der Waals surface area contributed by atoms with E-state index in [1.54, 1.807) is 0 Å². The van der Waals surface area contributed by atoms with E-state index in [0.29, 0.717) is 29.1 Å². The van der Waals surface area contributed by atoms with E-state index in [-0.39, 0.29) is 0 Å². The summed E-state index contributed by atoms with van der Waals surface area (Å²) in [7, 11) is 3.80. The van der Waals surface area contributed by atoms with Crippen molar-refractivity contribution in [2.24, 2.45) is 10.3 Å². The smallest absolute Gasteiger partial charge is 0.228 e. The van der Waals surface area contributed by atoms with E-state index in [0.717, 1.165) is 32.4 Å². The maximum absolute atomic E-state index is 5.96. The van der Waals surface area contributed by atoms with Gasteiger partial charge in [-0.25, -0.2) is 4.98 Å². The van der Waals surface area contributed by atoms with Crippen LogP contribution < -0.4 is 24.7 Å². The lowest BCUT2D eigenvalue weighted by Crippen LogP contribution is -2.14. The molecule has 4 N–H and O–H groups in total. The summed E-state index contributed by atoms with van der Waals surface area (Å²) < 4.78 is 11.9. The molecule has 0 bridgehead atoms. The number of nitrogens with zero attached hydrogens (tertiary/aromatic N) is 4. The highest BCUT2D eigenvalue weighted by molar-refractivity contribution is 7.97. The van der Waals surface area contributed by atoms with E-state index in [1.807, 2.05) is 116 Å². The van der Waals surface area contributed by atoms with E-state index >= 15 is 0 Å². The van der Waals surface area contributed by atoms with Crippen molar-refractivity contribution in [1.82, 2.24) is 15.0 Å². The zero-order chi connectivity index (χ0) is 27.2. The minimum absolute atomic E-state index is 0.561. The Balaban J connectivity index is 1.36. The molecule has 0 atom stereocenters. The van der Waals surface area contributed by atoms with Crippen molar-refractivity contribution >= 4 is 29.8 Å². The lowest BCUT2D eigenvalue weighted by molar-refractivity contribution is 0.482. The molecule has 0 saturated heterocycles. The first kappa shape index (κ1) is 26.5. The molecule has 0 spiro atoms. The predicted molar refractivity (Wildman–Crippen MR) is 158 cm³/mol. The first-order valence-electron chi connectivity index (χ1n) is 11.9. The van der Waals surface area contributed by atoms with Gasteiger partial charge < -0.3 is 14.4 Å². The molecule has 5 aromatic rings. The molecule has 196 valence electrons. The number of rotatable bonds is 9. The fourth-order valence-corrected chi connectivity index (χ4v) is 4.20. The van der Waals surface area contributed by atoms with E-state index in [2.05, 4.69) is 9.97 Å². The molecule has 0 aliphatic heterocycles. The fourth-order valence-electron chi connectivity index (χ4n) is 3.61. The van der Waals surface area contributed by atoms with Gasteiger partial charge in [-0.2, -0.15) is 9.97 Å². The number of aromatic nitrogens is 3. The van der Waals surface area contributed by atoms with Gasteiger partial charge in [-0.3, -0.25) is 10.3 Å². The first-order chi connectivity index (χ1) is 19.0. The van der Waals surface area contributed by atoms with Gasteiger partial charge in [0.2, 0.25) is 5.95 Å². The molecule has 0 radical (unpaired) electrons. The minimum atomic E-state index is 0.561. The highest BCUT2D eigenvalue weighted by atomic mass is 32.2. The molecular formula is C29H26N6O2S2. The van der Waals surface area contributed by atoms with E-state index in [1.165, 1.54) is 23.9 Å². The fraction of sp³-hybridized carbons (Fsp3) is 0.0690. The summed E-state index contributed by atoms with van der Waals surface area (Å²) in [6, 6.07) is 30.5. The van der Waals surface area contributed by atoms with Crippen molar-refractivity contribution in [3.63, 3.8) is 0 Å². The van der Waals surface area contributed by atoms with E-state index in [9.17, 15) is 0 Å². The van der Waals surface area contributed by atoms with Crippen LogP contribution in [0.1, 0.15) is 0 Å². The van der Waals surface area contributed by atoms with Gasteiger partial charge in [0.15, 0.2) is 11.6 Å². The number of benzene rings is 4. The third-order valence-corrected chi connectivity index (χ3v) is 6.73. The van der Waals surface area contributed by atoms with Gasteiger partial charge in [0.05, 0.1) is 0 Å². The molecule has 10 heteroatoms. The molecule has 0 amide bonds. The van der Waals surface area contributed by atoms with Crippen LogP contribution in [0.5, 0.6) is 23.0 Å². The van der Waals surface area contributed by atoms with Crippen LogP contribution in [-0.4, -0.2) is 29.0 Å². The van der Waals surface area contributed by atoms with Gasteiger partial charge in [0.1, 0.15) is 23.0 Å². The lowest BCUT2D eigenvalue weighted by Gasteiger charge is -2.14. The van der Waals surface area contributed by atoms with Gasteiger partial charge in [0.25, 0.3) is 0 Å². The largest absolute Gasteiger partial charge is 0.457 e. The Morgan fingerprint density at radius 2 is 0.846 bits per heavy atom. The summed E-state index contributed by atoms with van der Waals surface area (Å²) in [6.45, 7) is 0. The van der Waals surface area contributed by atoms with Crippen LogP contribution in [-0.2, 0) is 0 Å². The zero-order valence-electron chi connectivity index (χ0n) is 21.3. The minimum Gasteiger partial charge on any atom is -0.457 e. The van der Waals surface area contributed by atoms with Crippen molar-refractivity contribution in [1.29, 1.82) is 0 Å². The molecule has 4 aromatic carbocycles. The number of nitrogens with two attached hydrogens (primary N) is 2. The Labute approximate surface area is 235 Å². The molecule has 0 unspecified atom stereocenters. The van der Waals surface area contributed by atoms with Crippen molar-refractivity contribution < 1.29 is 9.47 Å². The summed E-state index contributed by atoms with van der Waals surface area (Å²) in [4.78, 5) is 17.9. The average molecular weight is 555 g/mol. The Morgan fingerprint density at radius 1 is 0.513 bits per heavy atom. The molecular weight excluding hydrogens is 528 g/mol. The third-order valence-electron chi connectivity index (χ3n) is 5.64. The SMILES string of the molecule is CN(C)c1nc(-c2ccc(Oc3ccc(SN)cc3)cc2)nc(-c2ccc(Oc3ccc(SN)cc3)cc2)n1. The Hall–Kier alpha value is -4.09. The Morgan fingerprint density at radius 3 is 1.15 bits per heavy atom. The van der Waals surface area contributed by atoms with Gasteiger partial charge in [0, 0.05) is 35.0 Å². The molecule has 5 rings (SSSR count). The second-order valence-corrected chi connectivity index (χ2v) is 10.0. The van der Waals surface area contributed by atoms with Crippen LogP contribution >= 0.6 is 23.9 Å². The third kappa shape index (κ3) is 6.68. The van der Waals surface area contributed by atoms with Gasteiger partial charge in [-0.15, -0.1) is 0 Å². The topological polar surface area (TPSA) is 112 Å². The van der Waals surface area contributed by atoms with Crippen LogP contribution in [0.3, 0.4) is 0 Å². The first-order valence-corrected chi connectivity index (χ1v) is 13.7. The van der Waals surface area contributed by atoms with Crippen molar-refractivity contribution in [2.75, 3.05) is 19.0 Å². The average Bonchev–Trinajstić information content (AvgIpc) is 2.98. The molecule has 0 saturated carbocycles. The van der Waals surface area contributed by atoms with Crippen molar-refractivity contribution in [3.8, 4) is 45.8 Å². The van der Waals surface area contributed by atoms with Crippen LogP contribution in [0.4, 0.5) is 5.95 Å². The molecule has 1 heterocycles. The Bertz CT molecular complexity index is 1420. The number of ether oxygens (including phenoxy) is 2. The highest BCUT2D eigenvalue weighted by Gasteiger charge is 2.13. The van der Waals surface area contributed by atoms with Crippen molar-refractivity contribution in [3.05, 3.63) is 97.1 Å². The van der Waals surface area contributed by atoms with Crippen LogP contribution in [0.25, 0.3) is 22.8 Å². The van der Waals surface area contributed by atoms with Gasteiger partial charge in [-0.05, 0) is 121 Å². The summed E-state index contributed by atoms with van der Waals surface area (Å²) in [5.41, 5.74) is 1.70. The quantitative estimate of drug-likeness (QED) is 0.189. The molecule has 1 aromatic heterocycles. The molecule has 0 aliphatic rings. The van der Waals surface area contributed by atoms with Gasteiger partial charge >= 0.3 is 0 Å². The summed E-state index contributed by atoms with van der Waals surface area (Å²) >= 11 is 2.40. The lowest BCUT2D eigenvalue weighted by atomic mass is 10.2. The monoisotopic (exact) mass is 554 g/mol. The van der Waals surface area contributed by atoms with Crippen LogP contribution in [0.15, 0.2) is 107 Å². The number of hydrogen-bond donors (Lipinski definition) is 2. The zero-order valence-corrected chi connectivity index (χ0v) is 22.9. The predicted octanol–water partition coefficient (Wildman–Crippen LogP) is 6.79. The Kier molecular flexibility index (Phi) is 8.28. The van der Waals surface area contributed by atoms with E-state index < -0.39 is 0 Å². The molecule has 8 nitrogen and oxygen atoms in total. The second kappa shape index (κ2) is 12.2. The summed E-state index contributed by atoms with van der Waals surface area (Å²) in [5.74, 6) is 4.58. The summed E-state index contributed by atoms with van der Waals surface area (Å²) in [5, 5.41) is 11.2. The van der Waals surface area contributed by atoms with Gasteiger partial charge in [-0.1, -0.05) is 0 Å². The maximum Gasteiger partial charge on any atom is 0.228 e. The van der Waals surface area contributed by atoms with E-state index in [4.69, 9.17) is 24.7 Å². The van der Waals surface area contributed by atoms with Crippen LogP contribution in [0.2, 0.25) is 0 Å². The molecule has 39 heavy (non-hydrogen) atoms. The van der Waals surface area contributed by atoms with Crippen LogP contribution in [0, 0.1) is 0 Å². The normalized spacial score (nSPS) is 10.8. The molecule has 0 fully saturated rings. The van der Waals surface area contributed by atoms with Crippen molar-refractivity contribution in [2.45, 2.75) is 9.79 Å². The highest BCUT2D eigenvalue weighted by Crippen LogP contribution is 2.29. The number of anilines is 1. The number of hydrogen-bond acceptors (Lipinski definition) is 10.